The van der Waals surface area contributed by atoms with Crippen LogP contribution in [0.4, 0.5) is 0 Å². The Morgan fingerprint density at radius 1 is 0.500 bits per heavy atom. The van der Waals surface area contributed by atoms with Gasteiger partial charge in [0.25, 0.3) is 0 Å². The minimum atomic E-state index is -1.33. The van der Waals surface area contributed by atoms with Crippen molar-refractivity contribution in [2.45, 2.75) is 13.2 Å². The van der Waals surface area contributed by atoms with Crippen LogP contribution in [0.15, 0.2) is 12.1 Å². The summed E-state index contributed by atoms with van der Waals surface area (Å²) in [5.74, 6) is -2.66. The summed E-state index contributed by atoms with van der Waals surface area (Å²) in [6.45, 7) is -2.82. The van der Waals surface area contributed by atoms with Crippen molar-refractivity contribution in [3.63, 3.8) is 0 Å². The molecule has 0 aliphatic carbocycles. The number of ether oxygens (including phenoxy) is 10. The molecule has 0 saturated heterocycles. The lowest BCUT2D eigenvalue weighted by atomic mass is 9.99. The Balaban J connectivity index is 2.48. The molecular formula is C20H30O16. The van der Waals surface area contributed by atoms with Crippen LogP contribution in [0.25, 0.3) is 0 Å². The van der Waals surface area contributed by atoms with Crippen LogP contribution in [0.2, 0.25) is 0 Å². The van der Waals surface area contributed by atoms with E-state index in [1.54, 1.807) is 0 Å². The SMILES string of the molecule is O=C(O)c1cc(C(=O)O)c(COCOCOCOCOCO)cc1COCOCOCOCOCO. The smallest absolute Gasteiger partial charge is 0.336 e. The minimum Gasteiger partial charge on any atom is -0.478 e. The van der Waals surface area contributed by atoms with Crippen molar-refractivity contribution < 1.29 is 77.4 Å². The van der Waals surface area contributed by atoms with E-state index >= 15 is 0 Å². The summed E-state index contributed by atoms with van der Waals surface area (Å²) in [4.78, 5) is 23.2. The quantitative estimate of drug-likeness (QED) is 0.102. The van der Waals surface area contributed by atoms with Crippen molar-refractivity contribution in [3.8, 4) is 0 Å². The lowest BCUT2D eigenvalue weighted by molar-refractivity contribution is -0.202. The first kappa shape index (κ1) is 31.7. The molecule has 0 radical (unpaired) electrons. The second-order valence-electron chi connectivity index (χ2n) is 6.31. The topological polar surface area (TPSA) is 207 Å². The van der Waals surface area contributed by atoms with Gasteiger partial charge in [0.1, 0.15) is 27.2 Å². The van der Waals surface area contributed by atoms with Gasteiger partial charge in [0.2, 0.25) is 0 Å². The molecule has 1 aromatic rings. The van der Waals surface area contributed by atoms with Crippen molar-refractivity contribution in [3.05, 3.63) is 34.4 Å². The molecular weight excluding hydrogens is 496 g/mol. The summed E-state index contributed by atoms with van der Waals surface area (Å²) in [5.41, 5.74) is -0.0998. The molecule has 0 amide bonds. The van der Waals surface area contributed by atoms with Crippen LogP contribution >= 0.6 is 0 Å². The second-order valence-corrected chi connectivity index (χ2v) is 6.31. The van der Waals surface area contributed by atoms with Gasteiger partial charge in [-0.1, -0.05) is 0 Å². The van der Waals surface area contributed by atoms with Gasteiger partial charge in [-0.15, -0.1) is 0 Å². The number of hydrogen-bond donors (Lipinski definition) is 4. The Labute approximate surface area is 205 Å². The van der Waals surface area contributed by atoms with Gasteiger partial charge < -0.3 is 67.8 Å². The lowest BCUT2D eigenvalue weighted by Crippen LogP contribution is -2.14. The van der Waals surface area contributed by atoms with E-state index in [0.717, 1.165) is 6.07 Å². The summed E-state index contributed by atoms with van der Waals surface area (Å²) in [7, 11) is 0. The molecule has 1 aromatic carbocycles. The number of benzene rings is 1. The fourth-order valence-corrected chi connectivity index (χ4v) is 2.39. The van der Waals surface area contributed by atoms with Crippen molar-refractivity contribution in [1.29, 1.82) is 0 Å². The van der Waals surface area contributed by atoms with E-state index in [0.29, 0.717) is 0 Å². The standard InChI is InChI=1S/C20H30O16/c21-5-29-9-33-13-35-11-31-7-27-3-15-1-16(18(20(25)26)2-17(15)19(23)24)4-28-8-32-12-36-14-34-10-30-6-22/h1-2,21-22H,3-14H2,(H,23,24)(H,25,26). The van der Waals surface area contributed by atoms with Gasteiger partial charge in [0.15, 0.2) is 40.8 Å². The first-order chi connectivity index (χ1) is 17.5. The number of aliphatic hydroxyl groups excluding tert-OH is 2. The number of aliphatic hydroxyl groups is 2. The zero-order valence-electron chi connectivity index (χ0n) is 19.3. The molecule has 4 N–H and O–H groups in total. The summed E-state index contributed by atoms with van der Waals surface area (Å²) in [5, 5.41) is 35.7. The predicted octanol–water partition coefficient (Wildman–Crippen LogP) is -0.191. The van der Waals surface area contributed by atoms with E-state index in [1.807, 2.05) is 0 Å². The van der Waals surface area contributed by atoms with Gasteiger partial charge in [0.05, 0.1) is 24.3 Å². The van der Waals surface area contributed by atoms with Gasteiger partial charge >= 0.3 is 11.9 Å². The molecule has 0 heterocycles. The average Bonchev–Trinajstić information content (AvgIpc) is 2.85. The summed E-state index contributed by atoms with van der Waals surface area (Å²) >= 11 is 0. The average molecular weight is 526 g/mol. The Kier molecular flexibility index (Phi) is 18.3. The molecule has 0 aliphatic rings. The van der Waals surface area contributed by atoms with Gasteiger partial charge in [-0.3, -0.25) is 0 Å². The number of rotatable bonds is 24. The number of carboxylic acids is 2. The highest BCUT2D eigenvalue weighted by Crippen LogP contribution is 2.20. The van der Waals surface area contributed by atoms with Crippen molar-refractivity contribution in [2.75, 3.05) is 67.9 Å². The van der Waals surface area contributed by atoms with E-state index in [2.05, 4.69) is 9.47 Å². The Morgan fingerprint density at radius 3 is 1.11 bits per heavy atom. The maximum atomic E-state index is 11.6. The van der Waals surface area contributed by atoms with Crippen LogP contribution in [-0.4, -0.2) is 100 Å². The van der Waals surface area contributed by atoms with Crippen molar-refractivity contribution in [1.82, 2.24) is 0 Å². The third kappa shape index (κ3) is 14.3. The molecule has 0 unspecified atom stereocenters. The van der Waals surface area contributed by atoms with E-state index < -0.39 is 25.5 Å². The van der Waals surface area contributed by atoms with Crippen LogP contribution in [-0.2, 0) is 60.6 Å². The number of aromatic carboxylic acids is 2. The number of carbonyl (C=O) groups is 2. The first-order valence-electron chi connectivity index (χ1n) is 10.1. The molecule has 0 bridgehead atoms. The van der Waals surface area contributed by atoms with Crippen LogP contribution < -0.4 is 0 Å². The van der Waals surface area contributed by atoms with E-state index in [4.69, 9.17) is 48.1 Å². The number of carboxylic acid groups (broad SMARTS) is 2. The first-order valence-corrected chi connectivity index (χ1v) is 10.1. The number of hydrogen-bond acceptors (Lipinski definition) is 14. The third-order valence-electron chi connectivity index (χ3n) is 3.82. The summed E-state index contributed by atoms with van der Waals surface area (Å²) in [6, 6.07) is 2.37. The molecule has 0 aromatic heterocycles. The fraction of sp³-hybridized carbons (Fsp3) is 0.600. The van der Waals surface area contributed by atoms with Crippen LogP contribution in [0, 0.1) is 0 Å². The molecule has 0 atom stereocenters. The van der Waals surface area contributed by atoms with Crippen LogP contribution in [0.1, 0.15) is 31.8 Å². The highest BCUT2D eigenvalue weighted by atomic mass is 16.8. The summed E-state index contributed by atoms with van der Waals surface area (Å²) in [6.07, 6.45) is 0. The molecule has 16 nitrogen and oxygen atoms in total. The van der Waals surface area contributed by atoms with E-state index in [1.165, 1.54) is 6.07 Å². The normalized spacial score (nSPS) is 11.2. The molecule has 0 saturated carbocycles. The maximum Gasteiger partial charge on any atom is 0.336 e. The van der Waals surface area contributed by atoms with Gasteiger partial charge in [-0.25, -0.2) is 9.59 Å². The predicted molar refractivity (Wildman–Crippen MR) is 112 cm³/mol. The lowest BCUT2D eigenvalue weighted by Gasteiger charge is -2.14. The second kappa shape index (κ2) is 20.8. The van der Waals surface area contributed by atoms with E-state index in [9.17, 15) is 19.8 Å². The Morgan fingerprint density at radius 2 is 0.806 bits per heavy atom. The summed E-state index contributed by atoms with van der Waals surface area (Å²) < 4.78 is 49.3. The van der Waals surface area contributed by atoms with Crippen LogP contribution in [0.3, 0.4) is 0 Å². The highest BCUT2D eigenvalue weighted by Gasteiger charge is 2.19. The van der Waals surface area contributed by atoms with Crippen molar-refractivity contribution >= 4 is 11.9 Å². The molecule has 1 rings (SSSR count). The Hall–Kier alpha value is -2.32. The monoisotopic (exact) mass is 526 g/mol. The third-order valence-corrected chi connectivity index (χ3v) is 3.82. The van der Waals surface area contributed by atoms with Crippen LogP contribution in [0.5, 0.6) is 0 Å². The fourth-order valence-electron chi connectivity index (χ4n) is 2.39. The highest BCUT2D eigenvalue weighted by molar-refractivity contribution is 5.96. The zero-order valence-corrected chi connectivity index (χ0v) is 19.3. The molecule has 36 heavy (non-hydrogen) atoms. The van der Waals surface area contributed by atoms with Gasteiger partial charge in [0, 0.05) is 0 Å². The largest absolute Gasteiger partial charge is 0.478 e. The molecule has 0 fully saturated rings. The molecule has 0 aliphatic heterocycles. The zero-order chi connectivity index (χ0) is 26.4. The van der Waals surface area contributed by atoms with Crippen molar-refractivity contribution in [2.24, 2.45) is 0 Å². The van der Waals surface area contributed by atoms with Gasteiger partial charge in [-0.05, 0) is 23.3 Å². The van der Waals surface area contributed by atoms with Gasteiger partial charge in [-0.2, -0.15) is 0 Å². The van der Waals surface area contributed by atoms with E-state index in [-0.39, 0.29) is 89.8 Å². The molecule has 0 spiro atoms. The Bertz CT molecular complexity index is 685. The maximum absolute atomic E-state index is 11.6. The molecule has 16 heteroatoms. The molecule has 206 valence electrons. The minimum absolute atomic E-state index is 0.146.